The minimum absolute atomic E-state index is 0.437. The molecule has 0 saturated heterocycles. The molecule has 1 unspecified atom stereocenters. The quantitative estimate of drug-likeness (QED) is 0.707. The second-order valence-electron chi connectivity index (χ2n) is 5.51. The first-order valence-corrected chi connectivity index (χ1v) is 7.03. The van der Waals surface area contributed by atoms with E-state index in [0.29, 0.717) is 0 Å². The lowest BCUT2D eigenvalue weighted by Crippen LogP contribution is -2.15. The molecule has 0 heterocycles. The highest BCUT2D eigenvalue weighted by Gasteiger charge is 2.12. The van der Waals surface area contributed by atoms with Crippen molar-refractivity contribution in [3.8, 4) is 0 Å². The topological polar surface area (TPSA) is 49.3 Å². The molecular formula is C16H25NO2. The maximum absolute atomic E-state index is 10.9. The lowest BCUT2D eigenvalue weighted by atomic mass is 10.00. The predicted octanol–water partition coefficient (Wildman–Crippen LogP) is 3.40. The van der Waals surface area contributed by atoms with E-state index in [1.807, 2.05) is 24.3 Å². The van der Waals surface area contributed by atoms with Crippen LogP contribution in [0.15, 0.2) is 24.3 Å². The monoisotopic (exact) mass is 263 g/mol. The Morgan fingerprint density at radius 3 is 2.37 bits per heavy atom. The summed E-state index contributed by atoms with van der Waals surface area (Å²) in [6, 6.07) is 7.82. The lowest BCUT2D eigenvalue weighted by molar-refractivity contribution is -0.138. The summed E-state index contributed by atoms with van der Waals surface area (Å²) in [6.45, 7) is 8.07. The van der Waals surface area contributed by atoms with Crippen molar-refractivity contribution in [3.05, 3.63) is 35.4 Å². The van der Waals surface area contributed by atoms with Crippen molar-refractivity contribution in [1.29, 1.82) is 0 Å². The van der Waals surface area contributed by atoms with Crippen LogP contribution in [-0.4, -0.2) is 17.6 Å². The summed E-state index contributed by atoms with van der Waals surface area (Å²) in [5, 5.41) is 12.3. The Morgan fingerprint density at radius 1 is 1.21 bits per heavy atom. The largest absolute Gasteiger partial charge is 0.481 e. The van der Waals surface area contributed by atoms with Crippen LogP contribution in [0.4, 0.5) is 0 Å². The second kappa shape index (κ2) is 7.95. The SMILES string of the molecule is CC(C)CCCNCc1ccc(C(C)C(=O)O)cc1. The van der Waals surface area contributed by atoms with Crippen LogP contribution in [0, 0.1) is 5.92 Å². The smallest absolute Gasteiger partial charge is 0.310 e. The molecule has 1 aromatic carbocycles. The van der Waals surface area contributed by atoms with Gasteiger partial charge in [0.15, 0.2) is 0 Å². The van der Waals surface area contributed by atoms with E-state index < -0.39 is 11.9 Å². The van der Waals surface area contributed by atoms with Crippen LogP contribution in [0.5, 0.6) is 0 Å². The predicted molar refractivity (Wildman–Crippen MR) is 78.3 cm³/mol. The van der Waals surface area contributed by atoms with E-state index in [1.165, 1.54) is 18.4 Å². The van der Waals surface area contributed by atoms with E-state index in [4.69, 9.17) is 5.11 Å². The second-order valence-corrected chi connectivity index (χ2v) is 5.51. The Hall–Kier alpha value is -1.35. The number of hydrogen-bond acceptors (Lipinski definition) is 2. The molecule has 0 radical (unpaired) electrons. The first kappa shape index (κ1) is 15.7. The fourth-order valence-corrected chi connectivity index (χ4v) is 1.93. The minimum Gasteiger partial charge on any atom is -0.481 e. The van der Waals surface area contributed by atoms with Gasteiger partial charge in [-0.1, -0.05) is 38.1 Å². The number of rotatable bonds is 8. The third kappa shape index (κ3) is 5.88. The van der Waals surface area contributed by atoms with Gasteiger partial charge in [0.05, 0.1) is 5.92 Å². The van der Waals surface area contributed by atoms with E-state index in [2.05, 4.69) is 19.2 Å². The standard InChI is InChI=1S/C16H25NO2/c1-12(2)5-4-10-17-11-14-6-8-15(9-7-14)13(3)16(18)19/h6-9,12-13,17H,4-5,10-11H2,1-3H3,(H,18,19). The molecule has 0 aliphatic rings. The van der Waals surface area contributed by atoms with Crippen LogP contribution in [-0.2, 0) is 11.3 Å². The Kier molecular flexibility index (Phi) is 6.57. The number of carboxylic acid groups (broad SMARTS) is 1. The maximum atomic E-state index is 10.9. The van der Waals surface area contributed by atoms with Gasteiger partial charge in [0.1, 0.15) is 0 Å². The number of nitrogens with one attached hydrogen (secondary N) is 1. The summed E-state index contributed by atoms with van der Waals surface area (Å²) in [5.74, 6) is -0.453. The van der Waals surface area contributed by atoms with Gasteiger partial charge in [0.2, 0.25) is 0 Å². The number of benzene rings is 1. The van der Waals surface area contributed by atoms with Crippen LogP contribution in [0.2, 0.25) is 0 Å². The van der Waals surface area contributed by atoms with Crippen LogP contribution < -0.4 is 5.32 Å². The molecule has 0 saturated carbocycles. The van der Waals surface area contributed by atoms with Crippen molar-refractivity contribution < 1.29 is 9.90 Å². The molecular weight excluding hydrogens is 238 g/mol. The molecule has 0 spiro atoms. The molecule has 0 amide bonds. The van der Waals surface area contributed by atoms with Gasteiger partial charge in [-0.05, 0) is 43.4 Å². The number of carbonyl (C=O) groups is 1. The highest BCUT2D eigenvalue weighted by molar-refractivity contribution is 5.75. The van der Waals surface area contributed by atoms with Crippen molar-refractivity contribution >= 4 is 5.97 Å². The van der Waals surface area contributed by atoms with E-state index in [9.17, 15) is 4.79 Å². The average molecular weight is 263 g/mol. The lowest BCUT2D eigenvalue weighted by Gasteiger charge is -2.09. The molecule has 1 atom stereocenters. The Labute approximate surface area is 116 Å². The van der Waals surface area contributed by atoms with Crippen LogP contribution >= 0.6 is 0 Å². The molecule has 1 aromatic rings. The van der Waals surface area contributed by atoms with E-state index in [0.717, 1.165) is 24.6 Å². The average Bonchev–Trinajstić information content (AvgIpc) is 2.37. The molecule has 0 aromatic heterocycles. The van der Waals surface area contributed by atoms with Crippen molar-refractivity contribution in [2.24, 2.45) is 5.92 Å². The Balaban J connectivity index is 2.34. The number of aliphatic carboxylic acids is 1. The molecule has 3 heteroatoms. The van der Waals surface area contributed by atoms with Crippen molar-refractivity contribution in [1.82, 2.24) is 5.32 Å². The van der Waals surface area contributed by atoms with Gasteiger partial charge in [-0.3, -0.25) is 4.79 Å². The van der Waals surface area contributed by atoms with Gasteiger partial charge in [-0.25, -0.2) is 0 Å². The molecule has 106 valence electrons. The van der Waals surface area contributed by atoms with Gasteiger partial charge in [-0.15, -0.1) is 0 Å². The van der Waals surface area contributed by atoms with Crippen LogP contribution in [0.3, 0.4) is 0 Å². The van der Waals surface area contributed by atoms with Crippen LogP contribution in [0.1, 0.15) is 50.7 Å². The summed E-state index contributed by atoms with van der Waals surface area (Å²) in [5.41, 5.74) is 2.06. The fraction of sp³-hybridized carbons (Fsp3) is 0.562. The maximum Gasteiger partial charge on any atom is 0.310 e. The zero-order chi connectivity index (χ0) is 14.3. The summed E-state index contributed by atoms with van der Waals surface area (Å²) in [4.78, 5) is 10.9. The molecule has 0 aliphatic carbocycles. The van der Waals surface area contributed by atoms with Crippen molar-refractivity contribution in [3.63, 3.8) is 0 Å². The molecule has 0 fully saturated rings. The molecule has 3 nitrogen and oxygen atoms in total. The van der Waals surface area contributed by atoms with Gasteiger partial charge in [0, 0.05) is 6.54 Å². The van der Waals surface area contributed by atoms with E-state index in [1.54, 1.807) is 6.92 Å². The third-order valence-corrected chi connectivity index (χ3v) is 3.31. The normalized spacial score (nSPS) is 12.6. The third-order valence-electron chi connectivity index (χ3n) is 3.31. The molecule has 0 aliphatic heterocycles. The van der Waals surface area contributed by atoms with E-state index in [-0.39, 0.29) is 0 Å². The first-order valence-electron chi connectivity index (χ1n) is 7.03. The zero-order valence-corrected chi connectivity index (χ0v) is 12.1. The highest BCUT2D eigenvalue weighted by atomic mass is 16.4. The van der Waals surface area contributed by atoms with Gasteiger partial charge < -0.3 is 10.4 Å². The minimum atomic E-state index is -0.778. The Morgan fingerprint density at radius 2 is 1.84 bits per heavy atom. The Bertz CT molecular complexity index is 384. The van der Waals surface area contributed by atoms with Crippen molar-refractivity contribution in [2.75, 3.05) is 6.54 Å². The van der Waals surface area contributed by atoms with Crippen LogP contribution in [0.25, 0.3) is 0 Å². The summed E-state index contributed by atoms with van der Waals surface area (Å²) in [7, 11) is 0. The van der Waals surface area contributed by atoms with E-state index >= 15 is 0 Å². The summed E-state index contributed by atoms with van der Waals surface area (Å²) < 4.78 is 0. The molecule has 0 bridgehead atoms. The van der Waals surface area contributed by atoms with Crippen molar-refractivity contribution in [2.45, 2.75) is 46.1 Å². The molecule has 2 N–H and O–H groups in total. The van der Waals surface area contributed by atoms with Gasteiger partial charge in [0.25, 0.3) is 0 Å². The molecule has 19 heavy (non-hydrogen) atoms. The van der Waals surface area contributed by atoms with Gasteiger partial charge >= 0.3 is 5.97 Å². The molecule has 1 rings (SSSR count). The first-order chi connectivity index (χ1) is 9.00. The number of hydrogen-bond donors (Lipinski definition) is 2. The fourth-order valence-electron chi connectivity index (χ4n) is 1.93. The highest BCUT2D eigenvalue weighted by Crippen LogP contribution is 2.16. The summed E-state index contributed by atoms with van der Waals surface area (Å²) in [6.07, 6.45) is 2.45. The zero-order valence-electron chi connectivity index (χ0n) is 12.1. The summed E-state index contributed by atoms with van der Waals surface area (Å²) >= 11 is 0. The van der Waals surface area contributed by atoms with Gasteiger partial charge in [-0.2, -0.15) is 0 Å². The number of carboxylic acids is 1.